The molecule has 11 rings (SSSR count). The van der Waals surface area contributed by atoms with Gasteiger partial charge in [0.1, 0.15) is 0 Å². The number of fused-ring (bicyclic) bond motifs is 3. The zero-order chi connectivity index (χ0) is 41.2. The largest absolute Gasteiger partial charge is 0.0622 e. The summed E-state index contributed by atoms with van der Waals surface area (Å²) in [5, 5.41) is 7.54. The van der Waals surface area contributed by atoms with Crippen LogP contribution in [0.3, 0.4) is 0 Å². The highest BCUT2D eigenvalue weighted by Gasteiger charge is 2.17. The van der Waals surface area contributed by atoms with Gasteiger partial charge in [0.15, 0.2) is 0 Å². The van der Waals surface area contributed by atoms with Crippen LogP contribution in [-0.2, 0) is 0 Å². The summed E-state index contributed by atoms with van der Waals surface area (Å²) in [6.45, 7) is 0. The Kier molecular flexibility index (Phi) is 9.65. The Hall–Kier alpha value is -8.06. The van der Waals surface area contributed by atoms with Crippen molar-refractivity contribution in [2.45, 2.75) is 0 Å². The third kappa shape index (κ3) is 7.19. The van der Waals surface area contributed by atoms with Crippen molar-refractivity contribution in [3.8, 4) is 66.8 Å². The van der Waals surface area contributed by atoms with Gasteiger partial charge in [-0.05, 0) is 134 Å². The van der Waals surface area contributed by atoms with E-state index < -0.39 is 0 Å². The Bertz CT molecular complexity index is 3280. The van der Waals surface area contributed by atoms with E-state index in [4.69, 9.17) is 0 Å². The van der Waals surface area contributed by atoms with Crippen LogP contribution in [-0.4, -0.2) is 0 Å². The van der Waals surface area contributed by atoms with Crippen LogP contribution in [0.1, 0.15) is 11.1 Å². The van der Waals surface area contributed by atoms with E-state index in [1.54, 1.807) is 0 Å². The summed E-state index contributed by atoms with van der Waals surface area (Å²) in [7, 11) is 0. The van der Waals surface area contributed by atoms with Gasteiger partial charge >= 0.3 is 0 Å². The molecule has 0 bridgehead atoms. The highest BCUT2D eigenvalue weighted by molar-refractivity contribution is 6.21. The lowest BCUT2D eigenvalue weighted by molar-refractivity contribution is 1.56. The first-order chi connectivity index (χ1) is 30.7. The lowest BCUT2D eigenvalue weighted by atomic mass is 9.85. The normalized spacial score (nSPS) is 11.5. The Morgan fingerprint density at radius 1 is 0.194 bits per heavy atom. The van der Waals surface area contributed by atoms with Crippen molar-refractivity contribution in [2.24, 2.45) is 0 Å². The molecule has 0 spiro atoms. The van der Waals surface area contributed by atoms with Crippen LogP contribution in [0.2, 0.25) is 0 Å². The second-order valence-electron chi connectivity index (χ2n) is 16.1. The molecule has 0 aromatic heterocycles. The molecule has 0 amide bonds. The summed E-state index contributed by atoms with van der Waals surface area (Å²) in [4.78, 5) is 0. The quantitative estimate of drug-likeness (QED) is 0.106. The van der Waals surface area contributed by atoms with Crippen LogP contribution < -0.4 is 0 Å². The van der Waals surface area contributed by atoms with Crippen LogP contribution >= 0.6 is 0 Å². The summed E-state index contributed by atoms with van der Waals surface area (Å²) in [5.74, 6) is 0. The van der Waals surface area contributed by atoms with Gasteiger partial charge in [0.25, 0.3) is 0 Å². The lowest BCUT2D eigenvalue weighted by Gasteiger charge is -2.18. The summed E-state index contributed by atoms with van der Waals surface area (Å²) in [5.41, 5.74) is 17.0. The van der Waals surface area contributed by atoms with Gasteiger partial charge in [-0.3, -0.25) is 0 Å². The smallest absolute Gasteiger partial charge is 0.00264 e. The van der Waals surface area contributed by atoms with Gasteiger partial charge in [0.05, 0.1) is 0 Å². The molecule has 0 atom stereocenters. The van der Waals surface area contributed by atoms with E-state index in [0.29, 0.717) is 0 Å². The van der Waals surface area contributed by atoms with Crippen molar-refractivity contribution in [1.29, 1.82) is 0 Å². The topological polar surface area (TPSA) is 0 Å². The fourth-order valence-corrected chi connectivity index (χ4v) is 9.08. The molecule has 0 heterocycles. The maximum Gasteiger partial charge on any atom is -0.00264 e. The Labute approximate surface area is 363 Å². The van der Waals surface area contributed by atoms with Gasteiger partial charge in [-0.25, -0.2) is 0 Å². The van der Waals surface area contributed by atoms with E-state index in [-0.39, 0.29) is 0 Å². The predicted molar refractivity (Wildman–Crippen MR) is 267 cm³/mol. The van der Waals surface area contributed by atoms with Crippen molar-refractivity contribution in [3.05, 3.63) is 254 Å². The molecule has 0 aliphatic heterocycles. The molecule has 0 heteroatoms. The maximum atomic E-state index is 2.32. The van der Waals surface area contributed by atoms with E-state index in [0.717, 1.165) is 0 Å². The third-order valence-electron chi connectivity index (χ3n) is 12.2. The minimum atomic E-state index is 1.17. The molecule has 0 aliphatic rings. The lowest BCUT2D eigenvalue weighted by Crippen LogP contribution is -1.91. The monoisotopic (exact) mass is 786 g/mol. The van der Waals surface area contributed by atoms with Gasteiger partial charge < -0.3 is 0 Å². The highest BCUT2D eigenvalue weighted by atomic mass is 14.2. The standard InChI is InChI=1S/C62H42/c1-3-13-45(14-4-1)54-40-55(46-15-5-2-6-16-46)42-56(41-54)49-33-36-51(37-34-49)62-59-21-11-9-19-57(59)61(58-20-10-12-22-60(58)62)50-31-27-44(28-32-50)24-23-43-25-29-48(30-26-43)53-38-35-47-17-7-8-18-52(47)39-53/h1-42H/b24-23+. The van der Waals surface area contributed by atoms with Gasteiger partial charge in [-0.1, -0.05) is 231 Å². The number of benzene rings is 11. The zero-order valence-corrected chi connectivity index (χ0v) is 34.2. The van der Waals surface area contributed by atoms with Crippen molar-refractivity contribution < 1.29 is 0 Å². The molecule has 290 valence electrons. The van der Waals surface area contributed by atoms with Crippen molar-refractivity contribution in [3.63, 3.8) is 0 Å². The minimum absolute atomic E-state index is 1.17. The van der Waals surface area contributed by atoms with Crippen LogP contribution in [0.4, 0.5) is 0 Å². The van der Waals surface area contributed by atoms with E-state index in [2.05, 4.69) is 255 Å². The van der Waals surface area contributed by atoms with Gasteiger partial charge in [0, 0.05) is 0 Å². The van der Waals surface area contributed by atoms with E-state index in [1.807, 2.05) is 0 Å². The highest BCUT2D eigenvalue weighted by Crippen LogP contribution is 2.44. The first-order valence-corrected chi connectivity index (χ1v) is 21.4. The molecule has 0 radical (unpaired) electrons. The minimum Gasteiger partial charge on any atom is -0.0622 e. The maximum absolute atomic E-state index is 2.32. The van der Waals surface area contributed by atoms with Crippen LogP contribution in [0, 0.1) is 0 Å². The van der Waals surface area contributed by atoms with Crippen LogP contribution in [0.15, 0.2) is 243 Å². The molecule has 11 aromatic rings. The molecule has 0 aliphatic carbocycles. The van der Waals surface area contributed by atoms with Crippen molar-refractivity contribution >= 4 is 44.5 Å². The van der Waals surface area contributed by atoms with Crippen LogP contribution in [0.5, 0.6) is 0 Å². The van der Waals surface area contributed by atoms with E-state index in [1.165, 1.54) is 110 Å². The molecule has 11 aromatic carbocycles. The zero-order valence-electron chi connectivity index (χ0n) is 34.2. The number of rotatable bonds is 8. The summed E-state index contributed by atoms with van der Waals surface area (Å²) in [6.07, 6.45) is 4.41. The van der Waals surface area contributed by atoms with E-state index >= 15 is 0 Å². The Balaban J connectivity index is 0.913. The average Bonchev–Trinajstić information content (AvgIpc) is 3.35. The molecule has 0 fully saturated rings. The molecule has 0 N–H and O–H groups in total. The number of hydrogen-bond acceptors (Lipinski definition) is 0. The first-order valence-electron chi connectivity index (χ1n) is 21.4. The van der Waals surface area contributed by atoms with E-state index in [9.17, 15) is 0 Å². The number of hydrogen-bond donors (Lipinski definition) is 0. The summed E-state index contributed by atoms with van der Waals surface area (Å²) < 4.78 is 0. The molecular weight excluding hydrogens is 745 g/mol. The molecule has 0 unspecified atom stereocenters. The SMILES string of the molecule is C(=C\c1ccc(-c2c3ccccc3c(-c3ccc(-c4cc(-c5ccccc5)cc(-c5ccccc5)c4)cc3)c3ccccc23)cc1)/c1ccc(-c2ccc3ccccc3c2)cc1. The first kappa shape index (κ1) is 37.0. The molecule has 0 saturated carbocycles. The van der Waals surface area contributed by atoms with Crippen LogP contribution in [0.25, 0.3) is 111 Å². The predicted octanol–water partition coefficient (Wildman–Crippen LogP) is 17.3. The third-order valence-corrected chi connectivity index (χ3v) is 12.2. The van der Waals surface area contributed by atoms with Crippen molar-refractivity contribution in [1.82, 2.24) is 0 Å². The Morgan fingerprint density at radius 3 is 0.984 bits per heavy atom. The Morgan fingerprint density at radius 2 is 0.516 bits per heavy atom. The fraction of sp³-hybridized carbons (Fsp3) is 0. The summed E-state index contributed by atoms with van der Waals surface area (Å²) >= 11 is 0. The second kappa shape index (κ2) is 16.2. The van der Waals surface area contributed by atoms with Gasteiger partial charge in [-0.2, -0.15) is 0 Å². The van der Waals surface area contributed by atoms with Gasteiger partial charge in [-0.15, -0.1) is 0 Å². The molecule has 0 saturated heterocycles. The summed E-state index contributed by atoms with van der Waals surface area (Å²) in [6, 6.07) is 88.4. The second-order valence-corrected chi connectivity index (χ2v) is 16.1. The van der Waals surface area contributed by atoms with Crippen molar-refractivity contribution in [2.75, 3.05) is 0 Å². The molecule has 0 nitrogen and oxygen atoms in total. The average molecular weight is 787 g/mol. The fourth-order valence-electron chi connectivity index (χ4n) is 9.08. The van der Waals surface area contributed by atoms with Gasteiger partial charge in [0.2, 0.25) is 0 Å². The molecular formula is C62H42. The molecule has 62 heavy (non-hydrogen) atoms.